The van der Waals surface area contributed by atoms with E-state index in [-0.39, 0.29) is 0 Å². The zero-order valence-electron chi connectivity index (χ0n) is 9.90. The maximum absolute atomic E-state index is 5.69. The molecule has 0 bridgehead atoms. The average molecular weight is 214 g/mol. The summed E-state index contributed by atoms with van der Waals surface area (Å²) in [6, 6.07) is 6.58. The van der Waals surface area contributed by atoms with Gasteiger partial charge in [-0.3, -0.25) is 4.98 Å². The topological polar surface area (TPSA) is 38.9 Å². The molecule has 0 aliphatic rings. The molecule has 1 aromatic carbocycles. The van der Waals surface area contributed by atoms with Gasteiger partial charge in [-0.1, -0.05) is 26.0 Å². The van der Waals surface area contributed by atoms with Crippen molar-refractivity contribution in [3.05, 3.63) is 41.7 Å². The van der Waals surface area contributed by atoms with Gasteiger partial charge in [0.05, 0.1) is 0 Å². The van der Waals surface area contributed by atoms with E-state index in [4.69, 9.17) is 5.73 Å². The smallest absolute Gasteiger partial charge is 0.0346 e. The van der Waals surface area contributed by atoms with Crippen LogP contribution in [-0.2, 0) is 6.42 Å². The molecule has 2 N–H and O–H groups in total. The monoisotopic (exact) mass is 214 g/mol. The van der Waals surface area contributed by atoms with Crippen LogP contribution in [0, 0.1) is 0 Å². The van der Waals surface area contributed by atoms with Gasteiger partial charge in [0.2, 0.25) is 0 Å². The van der Waals surface area contributed by atoms with Crippen molar-refractivity contribution in [2.45, 2.75) is 26.2 Å². The van der Waals surface area contributed by atoms with E-state index in [1.165, 1.54) is 21.9 Å². The number of benzene rings is 1. The van der Waals surface area contributed by atoms with Crippen LogP contribution in [0.3, 0.4) is 0 Å². The van der Waals surface area contributed by atoms with Crippen LogP contribution in [0.1, 0.15) is 30.9 Å². The molecule has 84 valence electrons. The van der Waals surface area contributed by atoms with E-state index in [0.29, 0.717) is 12.5 Å². The van der Waals surface area contributed by atoms with E-state index in [1.807, 2.05) is 12.4 Å². The summed E-state index contributed by atoms with van der Waals surface area (Å²) in [5.41, 5.74) is 8.29. The minimum Gasteiger partial charge on any atom is -0.330 e. The predicted molar refractivity (Wildman–Crippen MR) is 68.6 cm³/mol. The van der Waals surface area contributed by atoms with Crippen LogP contribution in [0.15, 0.2) is 30.6 Å². The largest absolute Gasteiger partial charge is 0.330 e. The first kappa shape index (κ1) is 11.1. The Bertz CT molecular complexity index is 491. The second-order valence-electron chi connectivity index (χ2n) is 4.27. The zero-order valence-corrected chi connectivity index (χ0v) is 9.90. The third-order valence-electron chi connectivity index (χ3n) is 3.17. The van der Waals surface area contributed by atoms with Crippen LogP contribution < -0.4 is 5.73 Å². The highest BCUT2D eigenvalue weighted by Gasteiger charge is 2.05. The van der Waals surface area contributed by atoms with Gasteiger partial charge in [0, 0.05) is 17.8 Å². The summed E-state index contributed by atoms with van der Waals surface area (Å²) in [5, 5.41) is 2.53. The molecule has 0 fully saturated rings. The lowest BCUT2D eigenvalue weighted by Crippen LogP contribution is -2.08. The van der Waals surface area contributed by atoms with Gasteiger partial charge < -0.3 is 5.73 Å². The average Bonchev–Trinajstić information content (AvgIpc) is 2.36. The molecule has 0 aliphatic carbocycles. The van der Waals surface area contributed by atoms with E-state index in [0.717, 1.165) is 6.42 Å². The molecule has 1 unspecified atom stereocenters. The fourth-order valence-electron chi connectivity index (χ4n) is 1.98. The number of fused-ring (bicyclic) bond motifs is 1. The number of hydrogen-bond acceptors (Lipinski definition) is 2. The van der Waals surface area contributed by atoms with Crippen molar-refractivity contribution in [1.29, 1.82) is 0 Å². The molecule has 0 radical (unpaired) electrons. The lowest BCUT2D eigenvalue weighted by molar-refractivity contribution is 0.775. The fourth-order valence-corrected chi connectivity index (χ4v) is 1.98. The third kappa shape index (κ3) is 1.93. The van der Waals surface area contributed by atoms with E-state index in [2.05, 4.69) is 37.0 Å². The first-order chi connectivity index (χ1) is 7.76. The molecule has 2 rings (SSSR count). The molecule has 1 heterocycles. The molecule has 2 nitrogen and oxygen atoms in total. The van der Waals surface area contributed by atoms with Gasteiger partial charge in [-0.05, 0) is 41.5 Å². The maximum Gasteiger partial charge on any atom is 0.0346 e. The van der Waals surface area contributed by atoms with Crippen molar-refractivity contribution in [2.24, 2.45) is 5.73 Å². The standard InChI is InChI=1S/C14H18N2/c1-3-11-8-16-9-13-6-12(10(2)7-15)4-5-14(11)13/h4-6,8-10H,3,7,15H2,1-2H3. The first-order valence-electron chi connectivity index (χ1n) is 5.82. The molecule has 1 aromatic heterocycles. The minimum atomic E-state index is 0.412. The normalized spacial score (nSPS) is 12.9. The highest BCUT2D eigenvalue weighted by atomic mass is 14.6. The number of rotatable bonds is 3. The first-order valence-corrected chi connectivity index (χ1v) is 5.82. The Morgan fingerprint density at radius 2 is 2.12 bits per heavy atom. The Hall–Kier alpha value is -1.41. The lowest BCUT2D eigenvalue weighted by atomic mass is 9.97. The second-order valence-corrected chi connectivity index (χ2v) is 4.27. The number of hydrogen-bond donors (Lipinski definition) is 1. The SMILES string of the molecule is CCc1cncc2cc(C(C)CN)ccc12. The van der Waals surface area contributed by atoms with Gasteiger partial charge >= 0.3 is 0 Å². The molecular weight excluding hydrogens is 196 g/mol. The van der Waals surface area contributed by atoms with Crippen LogP contribution >= 0.6 is 0 Å². The van der Waals surface area contributed by atoms with Gasteiger partial charge in [-0.25, -0.2) is 0 Å². The lowest BCUT2D eigenvalue weighted by Gasteiger charge is -2.11. The van der Waals surface area contributed by atoms with Crippen LogP contribution in [0.2, 0.25) is 0 Å². The highest BCUT2D eigenvalue weighted by molar-refractivity contribution is 5.85. The number of pyridine rings is 1. The molecular formula is C14H18N2. The zero-order chi connectivity index (χ0) is 11.5. The van der Waals surface area contributed by atoms with Gasteiger partial charge in [-0.15, -0.1) is 0 Å². The summed E-state index contributed by atoms with van der Waals surface area (Å²) >= 11 is 0. The Morgan fingerprint density at radius 1 is 1.31 bits per heavy atom. The third-order valence-corrected chi connectivity index (χ3v) is 3.17. The van der Waals surface area contributed by atoms with E-state index >= 15 is 0 Å². The number of nitrogens with two attached hydrogens (primary N) is 1. The van der Waals surface area contributed by atoms with Crippen molar-refractivity contribution in [1.82, 2.24) is 4.98 Å². The van der Waals surface area contributed by atoms with Crippen LogP contribution in [0.5, 0.6) is 0 Å². The number of nitrogens with zero attached hydrogens (tertiary/aromatic N) is 1. The van der Waals surface area contributed by atoms with Gasteiger partial charge in [0.1, 0.15) is 0 Å². The summed E-state index contributed by atoms with van der Waals surface area (Å²) in [5.74, 6) is 0.412. The molecule has 0 saturated carbocycles. The molecule has 0 spiro atoms. The van der Waals surface area contributed by atoms with Crippen molar-refractivity contribution in [3.8, 4) is 0 Å². The Balaban J connectivity index is 2.55. The van der Waals surface area contributed by atoms with Crippen molar-refractivity contribution < 1.29 is 0 Å². The predicted octanol–water partition coefficient (Wildman–Crippen LogP) is 2.86. The number of aryl methyl sites for hydroxylation is 1. The Kier molecular flexibility index (Phi) is 3.20. The van der Waals surface area contributed by atoms with Gasteiger partial charge in [-0.2, -0.15) is 0 Å². The number of aromatic nitrogens is 1. The summed E-state index contributed by atoms with van der Waals surface area (Å²) in [7, 11) is 0. The molecule has 0 aliphatic heterocycles. The summed E-state index contributed by atoms with van der Waals surface area (Å²) in [6.45, 7) is 5.00. The summed E-state index contributed by atoms with van der Waals surface area (Å²) in [6.07, 6.45) is 4.91. The minimum absolute atomic E-state index is 0.412. The second kappa shape index (κ2) is 4.62. The van der Waals surface area contributed by atoms with Crippen molar-refractivity contribution in [2.75, 3.05) is 6.54 Å². The molecule has 0 amide bonds. The van der Waals surface area contributed by atoms with Crippen LogP contribution in [-0.4, -0.2) is 11.5 Å². The highest BCUT2D eigenvalue weighted by Crippen LogP contribution is 2.23. The quantitative estimate of drug-likeness (QED) is 0.853. The maximum atomic E-state index is 5.69. The van der Waals surface area contributed by atoms with E-state index in [1.54, 1.807) is 0 Å². The fraction of sp³-hybridized carbons (Fsp3) is 0.357. The van der Waals surface area contributed by atoms with Crippen LogP contribution in [0.25, 0.3) is 10.8 Å². The van der Waals surface area contributed by atoms with Crippen molar-refractivity contribution >= 4 is 10.8 Å². The Labute approximate surface area is 96.5 Å². The van der Waals surface area contributed by atoms with Crippen molar-refractivity contribution in [3.63, 3.8) is 0 Å². The Morgan fingerprint density at radius 3 is 2.81 bits per heavy atom. The van der Waals surface area contributed by atoms with Gasteiger partial charge in [0.15, 0.2) is 0 Å². The van der Waals surface area contributed by atoms with Crippen LogP contribution in [0.4, 0.5) is 0 Å². The molecule has 1 atom stereocenters. The summed E-state index contributed by atoms with van der Waals surface area (Å²) < 4.78 is 0. The molecule has 2 heteroatoms. The molecule has 0 saturated heterocycles. The molecule has 16 heavy (non-hydrogen) atoms. The summed E-state index contributed by atoms with van der Waals surface area (Å²) in [4.78, 5) is 4.28. The van der Waals surface area contributed by atoms with E-state index in [9.17, 15) is 0 Å². The van der Waals surface area contributed by atoms with Gasteiger partial charge in [0.25, 0.3) is 0 Å². The molecule has 2 aromatic rings. The van der Waals surface area contributed by atoms with E-state index < -0.39 is 0 Å².